The lowest BCUT2D eigenvalue weighted by atomic mass is 10.1. The molecule has 2 atom stereocenters. The molecular formula is C16H24N4O. The molecule has 0 spiro atoms. The van der Waals surface area contributed by atoms with Crippen molar-refractivity contribution in [3.8, 4) is 0 Å². The Labute approximate surface area is 126 Å². The highest BCUT2D eigenvalue weighted by molar-refractivity contribution is 5.82. The van der Waals surface area contributed by atoms with E-state index in [-0.39, 0.29) is 11.9 Å². The summed E-state index contributed by atoms with van der Waals surface area (Å²) in [4.78, 5) is 16.8. The monoisotopic (exact) mass is 288 g/mol. The minimum Gasteiger partial charge on any atom is -0.368 e. The van der Waals surface area contributed by atoms with Crippen molar-refractivity contribution in [2.75, 3.05) is 44.2 Å². The summed E-state index contributed by atoms with van der Waals surface area (Å²) in [5, 5.41) is 6.71. The maximum absolute atomic E-state index is 12.5. The van der Waals surface area contributed by atoms with Crippen LogP contribution in [0.5, 0.6) is 0 Å². The van der Waals surface area contributed by atoms with Crippen molar-refractivity contribution < 1.29 is 4.79 Å². The van der Waals surface area contributed by atoms with E-state index in [4.69, 9.17) is 0 Å². The second kappa shape index (κ2) is 6.45. The first-order chi connectivity index (χ1) is 10.2. The van der Waals surface area contributed by atoms with Gasteiger partial charge in [0.05, 0.1) is 6.04 Å². The summed E-state index contributed by atoms with van der Waals surface area (Å²) in [5.74, 6) is 0.238. The van der Waals surface area contributed by atoms with E-state index in [0.29, 0.717) is 6.04 Å². The second-order valence-corrected chi connectivity index (χ2v) is 5.92. The summed E-state index contributed by atoms with van der Waals surface area (Å²) in [7, 11) is 0. The lowest BCUT2D eigenvalue weighted by molar-refractivity contribution is -0.134. The first-order valence-corrected chi connectivity index (χ1v) is 7.79. The van der Waals surface area contributed by atoms with Crippen LogP contribution in [0.2, 0.25) is 0 Å². The smallest absolute Gasteiger partial charge is 0.241 e. The zero-order valence-corrected chi connectivity index (χ0v) is 12.6. The number of hydrogen-bond donors (Lipinski definition) is 2. The highest BCUT2D eigenvalue weighted by Gasteiger charge is 2.29. The van der Waals surface area contributed by atoms with E-state index in [0.717, 1.165) is 39.3 Å². The highest BCUT2D eigenvalue weighted by Crippen LogP contribution is 2.16. The highest BCUT2D eigenvalue weighted by atomic mass is 16.2. The van der Waals surface area contributed by atoms with Crippen LogP contribution in [0.15, 0.2) is 30.3 Å². The Bertz CT molecular complexity index is 462. The molecular weight excluding hydrogens is 264 g/mol. The maximum atomic E-state index is 12.5. The number of hydrogen-bond acceptors (Lipinski definition) is 4. The van der Waals surface area contributed by atoms with Crippen LogP contribution < -0.4 is 15.5 Å². The molecule has 114 valence electrons. The Hall–Kier alpha value is -1.59. The van der Waals surface area contributed by atoms with Crippen LogP contribution in [0.25, 0.3) is 0 Å². The van der Waals surface area contributed by atoms with Gasteiger partial charge in [0.1, 0.15) is 0 Å². The van der Waals surface area contributed by atoms with Crippen LogP contribution in [0.3, 0.4) is 0 Å². The summed E-state index contributed by atoms with van der Waals surface area (Å²) in [5.41, 5.74) is 1.25. The summed E-state index contributed by atoms with van der Waals surface area (Å²) in [6.45, 7) is 7.16. The number of anilines is 1. The molecule has 2 saturated heterocycles. The van der Waals surface area contributed by atoms with Crippen LogP contribution >= 0.6 is 0 Å². The van der Waals surface area contributed by atoms with Crippen molar-refractivity contribution >= 4 is 11.6 Å². The first kappa shape index (κ1) is 14.4. The van der Waals surface area contributed by atoms with Gasteiger partial charge >= 0.3 is 0 Å². The molecule has 0 aliphatic carbocycles. The molecule has 2 N–H and O–H groups in total. The summed E-state index contributed by atoms with van der Waals surface area (Å²) < 4.78 is 0. The standard InChI is InChI=1S/C16H24N4O/c1-13-11-18-15(12-17-13)16(21)20-9-7-19(8-10-20)14-5-3-2-4-6-14/h2-6,13,15,17-18H,7-12H2,1H3. The zero-order valence-electron chi connectivity index (χ0n) is 12.6. The Morgan fingerprint density at radius 2 is 1.76 bits per heavy atom. The zero-order chi connectivity index (χ0) is 14.7. The van der Waals surface area contributed by atoms with Gasteiger partial charge in [-0.3, -0.25) is 4.79 Å². The molecule has 0 radical (unpaired) electrons. The van der Waals surface area contributed by atoms with Gasteiger partial charge in [-0.2, -0.15) is 0 Å². The molecule has 0 saturated carbocycles. The van der Waals surface area contributed by atoms with E-state index in [1.165, 1.54) is 5.69 Å². The normalized spacial score (nSPS) is 26.7. The van der Waals surface area contributed by atoms with Crippen LogP contribution in [0, 0.1) is 0 Å². The van der Waals surface area contributed by atoms with Gasteiger partial charge in [-0.25, -0.2) is 0 Å². The van der Waals surface area contributed by atoms with E-state index < -0.39 is 0 Å². The van der Waals surface area contributed by atoms with E-state index in [9.17, 15) is 4.79 Å². The molecule has 2 aliphatic rings. The van der Waals surface area contributed by atoms with E-state index in [1.807, 2.05) is 11.0 Å². The number of piperazine rings is 2. The summed E-state index contributed by atoms with van der Waals surface area (Å²) in [6.07, 6.45) is 0. The molecule has 5 nitrogen and oxygen atoms in total. The third-order valence-corrected chi connectivity index (χ3v) is 4.35. The van der Waals surface area contributed by atoms with Crippen molar-refractivity contribution in [2.24, 2.45) is 0 Å². The number of carbonyl (C=O) groups is 1. The van der Waals surface area contributed by atoms with Crippen LogP contribution in [-0.4, -0.2) is 62.2 Å². The van der Waals surface area contributed by atoms with E-state index in [2.05, 4.69) is 46.7 Å². The van der Waals surface area contributed by atoms with Crippen molar-refractivity contribution in [3.63, 3.8) is 0 Å². The molecule has 5 heteroatoms. The molecule has 1 aromatic carbocycles. The Morgan fingerprint density at radius 3 is 2.38 bits per heavy atom. The topological polar surface area (TPSA) is 47.6 Å². The number of carbonyl (C=O) groups excluding carboxylic acids is 1. The van der Waals surface area contributed by atoms with Crippen molar-refractivity contribution in [3.05, 3.63) is 30.3 Å². The Kier molecular flexibility index (Phi) is 4.41. The number of nitrogens with zero attached hydrogens (tertiary/aromatic N) is 2. The number of rotatable bonds is 2. The van der Waals surface area contributed by atoms with Crippen molar-refractivity contribution in [1.29, 1.82) is 0 Å². The average molecular weight is 288 g/mol. The lowest BCUT2D eigenvalue weighted by Crippen LogP contribution is -2.61. The van der Waals surface area contributed by atoms with Crippen molar-refractivity contribution in [1.82, 2.24) is 15.5 Å². The molecule has 2 fully saturated rings. The molecule has 3 rings (SSSR count). The van der Waals surface area contributed by atoms with Gasteiger partial charge in [0.2, 0.25) is 5.91 Å². The molecule has 2 heterocycles. The number of benzene rings is 1. The fourth-order valence-electron chi connectivity index (χ4n) is 3.00. The number of para-hydroxylation sites is 1. The summed E-state index contributed by atoms with van der Waals surface area (Å²) >= 11 is 0. The molecule has 1 aromatic rings. The average Bonchev–Trinajstić information content (AvgIpc) is 2.56. The Balaban J connectivity index is 1.52. The van der Waals surface area contributed by atoms with Crippen LogP contribution in [-0.2, 0) is 4.79 Å². The fraction of sp³-hybridized carbons (Fsp3) is 0.562. The molecule has 2 unspecified atom stereocenters. The third-order valence-electron chi connectivity index (χ3n) is 4.35. The molecule has 0 bridgehead atoms. The van der Waals surface area contributed by atoms with Gasteiger partial charge in [0.25, 0.3) is 0 Å². The lowest BCUT2D eigenvalue weighted by Gasteiger charge is -2.39. The maximum Gasteiger partial charge on any atom is 0.241 e. The van der Waals surface area contributed by atoms with Gasteiger partial charge < -0.3 is 20.4 Å². The molecule has 0 aromatic heterocycles. The van der Waals surface area contributed by atoms with Gasteiger partial charge in [-0.05, 0) is 19.1 Å². The van der Waals surface area contributed by atoms with Gasteiger partial charge in [-0.1, -0.05) is 18.2 Å². The van der Waals surface area contributed by atoms with Crippen molar-refractivity contribution in [2.45, 2.75) is 19.0 Å². The predicted molar refractivity (Wildman–Crippen MR) is 84.5 cm³/mol. The fourth-order valence-corrected chi connectivity index (χ4v) is 3.00. The minimum absolute atomic E-state index is 0.0653. The van der Waals surface area contributed by atoms with Gasteiger partial charge in [0, 0.05) is 51.0 Å². The predicted octanol–water partition coefficient (Wildman–Crippen LogP) is 0.285. The first-order valence-electron chi connectivity index (χ1n) is 7.79. The van der Waals surface area contributed by atoms with Crippen LogP contribution in [0.1, 0.15) is 6.92 Å². The molecule has 2 aliphatic heterocycles. The quantitative estimate of drug-likeness (QED) is 0.821. The number of amides is 1. The Morgan fingerprint density at radius 1 is 1.05 bits per heavy atom. The van der Waals surface area contributed by atoms with Crippen LogP contribution in [0.4, 0.5) is 5.69 Å². The van der Waals surface area contributed by atoms with Gasteiger partial charge in [-0.15, -0.1) is 0 Å². The second-order valence-electron chi connectivity index (χ2n) is 5.92. The minimum atomic E-state index is -0.0653. The summed E-state index contributed by atoms with van der Waals surface area (Å²) in [6, 6.07) is 10.8. The molecule has 21 heavy (non-hydrogen) atoms. The van der Waals surface area contributed by atoms with Gasteiger partial charge in [0.15, 0.2) is 0 Å². The third kappa shape index (κ3) is 3.36. The number of nitrogens with one attached hydrogen (secondary N) is 2. The van der Waals surface area contributed by atoms with E-state index >= 15 is 0 Å². The van der Waals surface area contributed by atoms with E-state index in [1.54, 1.807) is 0 Å². The largest absolute Gasteiger partial charge is 0.368 e. The SMILES string of the molecule is CC1CNC(C(=O)N2CCN(c3ccccc3)CC2)CN1. The molecule has 1 amide bonds.